The summed E-state index contributed by atoms with van der Waals surface area (Å²) in [6.45, 7) is 2.93. The minimum absolute atomic E-state index is 0.259. The number of piperidine rings is 1. The third-order valence-electron chi connectivity index (χ3n) is 2.87. The van der Waals surface area contributed by atoms with E-state index in [0.29, 0.717) is 6.54 Å². The maximum Gasteiger partial charge on any atom is 0.0702 e. The van der Waals surface area contributed by atoms with Crippen molar-refractivity contribution in [3.8, 4) is 0 Å². The van der Waals surface area contributed by atoms with Crippen molar-refractivity contribution in [1.29, 1.82) is 0 Å². The van der Waals surface area contributed by atoms with Gasteiger partial charge in [-0.05, 0) is 40.9 Å². The lowest BCUT2D eigenvalue weighted by molar-refractivity contribution is 0.131. The van der Waals surface area contributed by atoms with Crippen LogP contribution < -0.4 is 11.2 Å². The molecule has 3 nitrogen and oxygen atoms in total. The fourth-order valence-electron chi connectivity index (χ4n) is 1.99. The third kappa shape index (κ3) is 3.28. The number of halogens is 1. The number of nitrogens with one attached hydrogen (secondary N) is 1. The van der Waals surface area contributed by atoms with Gasteiger partial charge in [-0.2, -0.15) is 0 Å². The molecule has 0 spiro atoms. The summed E-state index contributed by atoms with van der Waals surface area (Å²) in [6.07, 6.45) is 3.94. The van der Waals surface area contributed by atoms with Gasteiger partial charge in [-0.15, -0.1) is 11.3 Å². The van der Waals surface area contributed by atoms with Gasteiger partial charge in [-0.25, -0.2) is 10.4 Å². The summed E-state index contributed by atoms with van der Waals surface area (Å²) in [4.78, 5) is 1.31. The van der Waals surface area contributed by atoms with Gasteiger partial charge < -0.3 is 5.73 Å². The van der Waals surface area contributed by atoms with Crippen LogP contribution in [0.5, 0.6) is 0 Å². The maximum absolute atomic E-state index is 5.83. The summed E-state index contributed by atoms with van der Waals surface area (Å²) in [7, 11) is 0. The van der Waals surface area contributed by atoms with Gasteiger partial charge in [0.2, 0.25) is 0 Å². The molecule has 1 aliphatic rings. The van der Waals surface area contributed by atoms with E-state index >= 15 is 0 Å². The van der Waals surface area contributed by atoms with E-state index in [1.54, 1.807) is 11.3 Å². The molecule has 0 saturated carbocycles. The van der Waals surface area contributed by atoms with Crippen LogP contribution in [0.2, 0.25) is 0 Å². The van der Waals surface area contributed by atoms with E-state index in [2.05, 4.69) is 38.5 Å². The monoisotopic (exact) mass is 303 g/mol. The number of nitrogens with two attached hydrogens (primary N) is 1. The fraction of sp³-hybridized carbons (Fsp3) is 0.636. The van der Waals surface area contributed by atoms with Crippen molar-refractivity contribution < 1.29 is 0 Å². The highest BCUT2D eigenvalue weighted by Gasteiger charge is 2.17. The standard InChI is InChI=1S/C11H18BrN3S/c12-11-5-4-10(16-11)9(8-13)14-15-6-2-1-3-7-15/h4-5,9,14H,1-3,6-8,13H2. The number of hydrazine groups is 1. The van der Waals surface area contributed by atoms with Crippen LogP contribution in [0.25, 0.3) is 0 Å². The Bertz CT molecular complexity index is 323. The summed E-state index contributed by atoms with van der Waals surface area (Å²) in [5.74, 6) is 0. The van der Waals surface area contributed by atoms with Gasteiger partial charge in [0, 0.05) is 24.5 Å². The van der Waals surface area contributed by atoms with Crippen molar-refractivity contribution in [2.75, 3.05) is 19.6 Å². The average Bonchev–Trinajstić information content (AvgIpc) is 2.74. The normalized spacial score (nSPS) is 19.9. The van der Waals surface area contributed by atoms with Crippen molar-refractivity contribution in [2.24, 2.45) is 5.73 Å². The van der Waals surface area contributed by atoms with Gasteiger partial charge in [0.05, 0.1) is 9.83 Å². The van der Waals surface area contributed by atoms with Gasteiger partial charge in [0.1, 0.15) is 0 Å². The minimum atomic E-state index is 0.259. The van der Waals surface area contributed by atoms with Crippen molar-refractivity contribution in [2.45, 2.75) is 25.3 Å². The summed E-state index contributed by atoms with van der Waals surface area (Å²) >= 11 is 5.25. The van der Waals surface area contributed by atoms with Gasteiger partial charge in [-0.3, -0.25) is 0 Å². The first-order valence-corrected chi connectivity index (χ1v) is 7.37. The largest absolute Gasteiger partial charge is 0.329 e. The molecule has 16 heavy (non-hydrogen) atoms. The molecule has 1 atom stereocenters. The Kier molecular flexibility index (Phi) is 4.79. The predicted octanol–water partition coefficient (Wildman–Crippen LogP) is 2.50. The molecule has 2 rings (SSSR count). The molecule has 1 aliphatic heterocycles. The lowest BCUT2D eigenvalue weighted by Gasteiger charge is -2.30. The Hall–Kier alpha value is 0.0600. The Morgan fingerprint density at radius 3 is 2.69 bits per heavy atom. The fourth-order valence-corrected chi connectivity index (χ4v) is 3.47. The van der Waals surface area contributed by atoms with E-state index in [0.717, 1.165) is 13.1 Å². The van der Waals surface area contributed by atoms with Crippen LogP contribution in [0.4, 0.5) is 0 Å². The molecule has 0 aromatic carbocycles. The van der Waals surface area contributed by atoms with E-state index in [-0.39, 0.29) is 6.04 Å². The second kappa shape index (κ2) is 6.12. The molecule has 1 unspecified atom stereocenters. The smallest absolute Gasteiger partial charge is 0.0702 e. The summed E-state index contributed by atoms with van der Waals surface area (Å²) in [5.41, 5.74) is 9.37. The van der Waals surface area contributed by atoms with E-state index in [1.807, 2.05) is 0 Å². The topological polar surface area (TPSA) is 41.3 Å². The Morgan fingerprint density at radius 2 is 2.12 bits per heavy atom. The average molecular weight is 304 g/mol. The highest BCUT2D eigenvalue weighted by Crippen LogP contribution is 2.27. The zero-order chi connectivity index (χ0) is 11.4. The highest BCUT2D eigenvalue weighted by atomic mass is 79.9. The van der Waals surface area contributed by atoms with Gasteiger partial charge >= 0.3 is 0 Å². The summed E-state index contributed by atoms with van der Waals surface area (Å²) in [5, 5.41) is 2.31. The van der Waals surface area contributed by atoms with E-state index in [4.69, 9.17) is 5.73 Å². The summed E-state index contributed by atoms with van der Waals surface area (Å²) < 4.78 is 1.17. The Labute approximate surface area is 109 Å². The molecule has 0 radical (unpaired) electrons. The lowest BCUT2D eigenvalue weighted by Crippen LogP contribution is -2.45. The van der Waals surface area contributed by atoms with Crippen molar-refractivity contribution in [1.82, 2.24) is 10.4 Å². The quantitative estimate of drug-likeness (QED) is 0.898. The van der Waals surface area contributed by atoms with Crippen LogP contribution in [0.3, 0.4) is 0 Å². The molecule has 1 fully saturated rings. The first kappa shape index (κ1) is 12.5. The third-order valence-corrected chi connectivity index (χ3v) is 4.60. The second-order valence-electron chi connectivity index (χ2n) is 4.11. The zero-order valence-corrected chi connectivity index (χ0v) is 11.7. The zero-order valence-electron chi connectivity index (χ0n) is 9.29. The first-order chi connectivity index (χ1) is 7.79. The molecule has 5 heteroatoms. The predicted molar refractivity (Wildman–Crippen MR) is 72.4 cm³/mol. The van der Waals surface area contributed by atoms with Crippen molar-refractivity contribution >= 4 is 27.3 Å². The summed E-state index contributed by atoms with van der Waals surface area (Å²) in [6, 6.07) is 4.48. The second-order valence-corrected chi connectivity index (χ2v) is 6.60. The molecule has 90 valence electrons. The van der Waals surface area contributed by atoms with Gasteiger partial charge in [-0.1, -0.05) is 6.42 Å². The van der Waals surface area contributed by atoms with Gasteiger partial charge in [0.15, 0.2) is 0 Å². The molecule has 3 N–H and O–H groups in total. The minimum Gasteiger partial charge on any atom is -0.329 e. The molecular formula is C11H18BrN3S. The first-order valence-electron chi connectivity index (χ1n) is 5.76. The van der Waals surface area contributed by atoms with Crippen LogP contribution in [-0.4, -0.2) is 24.6 Å². The maximum atomic E-state index is 5.83. The molecule has 1 aromatic heterocycles. The molecule has 2 heterocycles. The highest BCUT2D eigenvalue weighted by molar-refractivity contribution is 9.11. The molecule has 1 aromatic rings. The number of hydrogen-bond acceptors (Lipinski definition) is 4. The van der Waals surface area contributed by atoms with Crippen LogP contribution in [0.1, 0.15) is 30.2 Å². The molecule has 1 saturated heterocycles. The van der Waals surface area contributed by atoms with Crippen LogP contribution in [0, 0.1) is 0 Å². The van der Waals surface area contributed by atoms with Crippen LogP contribution >= 0.6 is 27.3 Å². The van der Waals surface area contributed by atoms with Crippen molar-refractivity contribution in [3.05, 3.63) is 20.8 Å². The SMILES string of the molecule is NCC(NN1CCCCC1)c1ccc(Br)s1. The molecular weight excluding hydrogens is 286 g/mol. The molecule has 0 aliphatic carbocycles. The van der Waals surface area contributed by atoms with E-state index in [1.165, 1.54) is 27.9 Å². The molecule has 0 bridgehead atoms. The van der Waals surface area contributed by atoms with Crippen molar-refractivity contribution in [3.63, 3.8) is 0 Å². The Morgan fingerprint density at radius 1 is 1.38 bits per heavy atom. The molecule has 0 amide bonds. The van der Waals surface area contributed by atoms with Gasteiger partial charge in [0.25, 0.3) is 0 Å². The van der Waals surface area contributed by atoms with E-state index in [9.17, 15) is 0 Å². The number of nitrogens with zero attached hydrogens (tertiary/aromatic N) is 1. The number of hydrogen-bond donors (Lipinski definition) is 2. The number of thiophene rings is 1. The lowest BCUT2D eigenvalue weighted by atomic mass is 10.1. The number of rotatable bonds is 4. The van der Waals surface area contributed by atoms with Crippen LogP contribution in [-0.2, 0) is 0 Å². The van der Waals surface area contributed by atoms with E-state index < -0.39 is 0 Å². The van der Waals surface area contributed by atoms with Crippen LogP contribution in [0.15, 0.2) is 15.9 Å². The Balaban J connectivity index is 1.94.